The summed E-state index contributed by atoms with van der Waals surface area (Å²) in [6, 6.07) is 17.8. The molecule has 2 heterocycles. The van der Waals surface area contributed by atoms with Gasteiger partial charge in [0, 0.05) is 17.5 Å². The zero-order chi connectivity index (χ0) is 18.3. The van der Waals surface area contributed by atoms with E-state index in [2.05, 4.69) is 16.4 Å². The highest BCUT2D eigenvalue weighted by Gasteiger charge is 2.30. The number of aliphatic hydroxyl groups is 1. The molecule has 0 saturated carbocycles. The molecule has 5 nitrogen and oxygen atoms in total. The molecule has 0 aliphatic carbocycles. The van der Waals surface area contributed by atoms with Crippen molar-refractivity contribution in [2.45, 2.75) is 20.1 Å². The predicted octanol–water partition coefficient (Wildman–Crippen LogP) is 4.14. The number of hydrogen-bond acceptors (Lipinski definition) is 4. The van der Waals surface area contributed by atoms with Gasteiger partial charge in [-0.15, -0.1) is 0 Å². The van der Waals surface area contributed by atoms with Crippen molar-refractivity contribution in [1.82, 2.24) is 9.55 Å². The maximum absolute atomic E-state index is 11.0. The molecule has 0 bridgehead atoms. The molecule has 1 atom stereocenters. The summed E-state index contributed by atoms with van der Waals surface area (Å²) in [5.41, 5.74) is 5.49. The summed E-state index contributed by atoms with van der Waals surface area (Å²) < 4.78 is 1.71. The Morgan fingerprint density at radius 2 is 2.00 bits per heavy atom. The lowest BCUT2D eigenvalue weighted by atomic mass is 9.97. The first kappa shape index (κ1) is 16.1. The molecule has 0 radical (unpaired) electrons. The highest BCUT2D eigenvalue weighted by molar-refractivity contribution is 5.87. The minimum absolute atomic E-state index is 0.476. The van der Waals surface area contributed by atoms with Crippen molar-refractivity contribution < 1.29 is 5.11 Å². The third-order valence-corrected chi connectivity index (χ3v) is 4.67. The van der Waals surface area contributed by atoms with Crippen LogP contribution in [0, 0.1) is 18.3 Å². The molecule has 2 N–H and O–H groups in total. The van der Waals surface area contributed by atoms with Gasteiger partial charge in [0.25, 0.3) is 0 Å². The van der Waals surface area contributed by atoms with E-state index >= 15 is 0 Å². The molecule has 5 heteroatoms. The number of aliphatic hydroxyl groups excluding tert-OH is 1. The number of aryl methyl sites for hydroxylation is 1. The van der Waals surface area contributed by atoms with Gasteiger partial charge in [0.05, 0.1) is 16.6 Å². The molecule has 1 aliphatic heterocycles. The van der Waals surface area contributed by atoms with E-state index in [1.54, 1.807) is 10.8 Å². The Morgan fingerprint density at radius 1 is 1.19 bits per heavy atom. The van der Waals surface area contributed by atoms with Crippen LogP contribution in [0.4, 0.5) is 5.69 Å². The maximum Gasteiger partial charge on any atom is 0.160 e. The van der Waals surface area contributed by atoms with Gasteiger partial charge < -0.3 is 10.4 Å². The van der Waals surface area contributed by atoms with E-state index in [0.29, 0.717) is 17.0 Å². The fraction of sp³-hybridized carbons (Fsp3) is 0.143. The van der Waals surface area contributed by atoms with E-state index in [-0.39, 0.29) is 0 Å². The molecular weight excluding hydrogens is 324 g/mol. The van der Waals surface area contributed by atoms with Gasteiger partial charge in [-0.05, 0) is 49.2 Å². The normalized spacial score (nSPS) is 18.1. The monoisotopic (exact) mass is 342 g/mol. The number of nitriles is 1. The molecule has 1 aromatic heterocycles. The SMILES string of the molecule is CC1=C(C#N)c2nc3ccccc3n2C(O)/C1=C\Nc1cccc(C)c1. The first-order valence-electron chi connectivity index (χ1n) is 8.40. The Hall–Kier alpha value is -3.36. The van der Waals surface area contributed by atoms with Gasteiger partial charge >= 0.3 is 0 Å². The molecule has 1 aliphatic rings. The summed E-state index contributed by atoms with van der Waals surface area (Å²) in [6.45, 7) is 3.87. The van der Waals surface area contributed by atoms with Crippen molar-refractivity contribution in [3.63, 3.8) is 0 Å². The molecule has 0 fully saturated rings. The standard InChI is InChI=1S/C21H18N4O/c1-13-6-5-7-15(10-13)23-12-17-14(2)16(11-22)20-24-18-8-3-4-9-19(18)25(20)21(17)26/h3-10,12,21,23,26H,1-2H3/b17-12-. The molecule has 128 valence electrons. The van der Waals surface area contributed by atoms with Crippen LogP contribution in [0.5, 0.6) is 0 Å². The van der Waals surface area contributed by atoms with E-state index in [4.69, 9.17) is 0 Å². The maximum atomic E-state index is 11.0. The second-order valence-electron chi connectivity index (χ2n) is 6.39. The van der Waals surface area contributed by atoms with E-state index in [9.17, 15) is 10.4 Å². The number of para-hydroxylation sites is 2. The fourth-order valence-corrected chi connectivity index (χ4v) is 3.33. The molecule has 1 unspecified atom stereocenters. The zero-order valence-electron chi connectivity index (χ0n) is 14.6. The summed E-state index contributed by atoms with van der Waals surface area (Å²) in [7, 11) is 0. The lowest BCUT2D eigenvalue weighted by Gasteiger charge is -2.25. The number of nitrogens with zero attached hydrogens (tertiary/aromatic N) is 3. The largest absolute Gasteiger partial charge is 0.369 e. The van der Waals surface area contributed by atoms with Crippen LogP contribution >= 0.6 is 0 Å². The third kappa shape index (κ3) is 2.48. The van der Waals surface area contributed by atoms with Crippen molar-refractivity contribution >= 4 is 22.3 Å². The lowest BCUT2D eigenvalue weighted by Crippen LogP contribution is -2.20. The van der Waals surface area contributed by atoms with Crippen LogP contribution in [-0.4, -0.2) is 14.7 Å². The van der Waals surface area contributed by atoms with Crippen LogP contribution in [0.2, 0.25) is 0 Å². The number of allylic oxidation sites excluding steroid dienone is 1. The number of hydrogen-bond donors (Lipinski definition) is 2. The number of fused-ring (bicyclic) bond motifs is 3. The van der Waals surface area contributed by atoms with E-state index < -0.39 is 6.23 Å². The number of imidazole rings is 1. The summed E-state index contributed by atoms with van der Waals surface area (Å²) in [5.74, 6) is 0.506. The van der Waals surface area contributed by atoms with Gasteiger partial charge in [0.15, 0.2) is 12.1 Å². The van der Waals surface area contributed by atoms with Crippen LogP contribution in [-0.2, 0) is 0 Å². The molecule has 0 saturated heterocycles. The third-order valence-electron chi connectivity index (χ3n) is 4.67. The van der Waals surface area contributed by atoms with Crippen molar-refractivity contribution in [2.75, 3.05) is 5.32 Å². The smallest absolute Gasteiger partial charge is 0.160 e. The minimum atomic E-state index is -0.910. The Balaban J connectivity index is 1.84. The first-order valence-corrected chi connectivity index (χ1v) is 8.40. The second-order valence-corrected chi connectivity index (χ2v) is 6.39. The number of aromatic nitrogens is 2. The fourth-order valence-electron chi connectivity index (χ4n) is 3.33. The Labute approximate surface area is 151 Å². The van der Waals surface area contributed by atoms with Crippen molar-refractivity contribution in [3.8, 4) is 6.07 Å². The van der Waals surface area contributed by atoms with Crippen LogP contribution in [0.1, 0.15) is 24.5 Å². The highest BCUT2D eigenvalue weighted by Crippen LogP contribution is 2.38. The zero-order valence-corrected chi connectivity index (χ0v) is 14.6. The summed E-state index contributed by atoms with van der Waals surface area (Å²) in [4.78, 5) is 4.55. The van der Waals surface area contributed by atoms with Gasteiger partial charge in [-0.25, -0.2) is 4.98 Å². The van der Waals surface area contributed by atoms with Crippen molar-refractivity contribution in [3.05, 3.63) is 77.3 Å². The molecule has 26 heavy (non-hydrogen) atoms. The molecule has 2 aromatic carbocycles. The lowest BCUT2D eigenvalue weighted by molar-refractivity contribution is 0.145. The molecular formula is C21H18N4O. The molecule has 3 aromatic rings. The molecule has 0 spiro atoms. The Bertz CT molecular complexity index is 1110. The van der Waals surface area contributed by atoms with Crippen LogP contribution < -0.4 is 5.32 Å². The van der Waals surface area contributed by atoms with Gasteiger partial charge in [-0.3, -0.25) is 4.57 Å². The van der Waals surface area contributed by atoms with Gasteiger partial charge in [-0.1, -0.05) is 24.3 Å². The number of nitrogens with one attached hydrogen (secondary N) is 1. The van der Waals surface area contributed by atoms with Gasteiger partial charge in [0.2, 0.25) is 0 Å². The topological polar surface area (TPSA) is 73.9 Å². The summed E-state index contributed by atoms with van der Waals surface area (Å²) in [5, 5.41) is 23.9. The molecule has 4 rings (SSSR count). The van der Waals surface area contributed by atoms with E-state index in [0.717, 1.165) is 27.9 Å². The number of benzene rings is 2. The number of rotatable bonds is 2. The summed E-state index contributed by atoms with van der Waals surface area (Å²) >= 11 is 0. The minimum Gasteiger partial charge on any atom is -0.369 e. The second kappa shape index (κ2) is 6.17. The summed E-state index contributed by atoms with van der Waals surface area (Å²) in [6.07, 6.45) is 0.857. The van der Waals surface area contributed by atoms with Gasteiger partial charge in [0.1, 0.15) is 6.07 Å². The highest BCUT2D eigenvalue weighted by atomic mass is 16.3. The average Bonchev–Trinajstić information content (AvgIpc) is 3.01. The average molecular weight is 342 g/mol. The Morgan fingerprint density at radius 3 is 2.77 bits per heavy atom. The quantitative estimate of drug-likeness (QED) is 0.734. The van der Waals surface area contributed by atoms with Gasteiger partial charge in [-0.2, -0.15) is 5.26 Å². The van der Waals surface area contributed by atoms with E-state index in [1.807, 2.05) is 62.4 Å². The molecule has 0 amide bonds. The van der Waals surface area contributed by atoms with Crippen LogP contribution in [0.25, 0.3) is 16.6 Å². The van der Waals surface area contributed by atoms with Crippen LogP contribution in [0.15, 0.2) is 65.9 Å². The van der Waals surface area contributed by atoms with Crippen molar-refractivity contribution in [2.24, 2.45) is 0 Å². The predicted molar refractivity (Wildman–Crippen MR) is 102 cm³/mol. The first-order chi connectivity index (χ1) is 12.6. The van der Waals surface area contributed by atoms with Crippen molar-refractivity contribution in [1.29, 1.82) is 5.26 Å². The Kier molecular flexibility index (Phi) is 3.83. The van der Waals surface area contributed by atoms with Crippen LogP contribution in [0.3, 0.4) is 0 Å². The number of anilines is 1. The van der Waals surface area contributed by atoms with E-state index in [1.165, 1.54) is 0 Å².